The average molecular weight is 193 g/mol. The number of ether oxygens (including phenoxy) is 1. The van der Waals surface area contributed by atoms with Gasteiger partial charge in [-0.1, -0.05) is 0 Å². The van der Waals surface area contributed by atoms with Gasteiger partial charge in [-0.2, -0.15) is 0 Å². The van der Waals surface area contributed by atoms with E-state index in [0.717, 1.165) is 30.0 Å². The number of anilines is 1. The topological polar surface area (TPSA) is 58.6 Å². The average Bonchev–Trinajstić information content (AvgIpc) is 2.61. The monoisotopic (exact) mass is 193 g/mol. The van der Waals surface area contributed by atoms with Crippen molar-refractivity contribution in [3.05, 3.63) is 23.8 Å². The first-order valence-electron chi connectivity index (χ1n) is 4.47. The highest BCUT2D eigenvalue weighted by atomic mass is 16.5. The SMILES string of the molecule is O=C(O)CNc1ccc2c(c1)CCO2. The predicted octanol–water partition coefficient (Wildman–Crippen LogP) is 1.12. The normalized spacial score (nSPS) is 13.1. The molecule has 0 unspecified atom stereocenters. The first kappa shape index (κ1) is 8.87. The van der Waals surface area contributed by atoms with Crippen molar-refractivity contribution in [2.24, 2.45) is 0 Å². The van der Waals surface area contributed by atoms with Crippen LogP contribution in [0.2, 0.25) is 0 Å². The Labute approximate surface area is 81.5 Å². The van der Waals surface area contributed by atoms with Crippen molar-refractivity contribution >= 4 is 11.7 Å². The van der Waals surface area contributed by atoms with Crippen LogP contribution in [0.15, 0.2) is 18.2 Å². The summed E-state index contributed by atoms with van der Waals surface area (Å²) in [4.78, 5) is 10.3. The summed E-state index contributed by atoms with van der Waals surface area (Å²) in [5.41, 5.74) is 1.97. The van der Waals surface area contributed by atoms with Gasteiger partial charge in [0.05, 0.1) is 6.61 Å². The van der Waals surface area contributed by atoms with E-state index >= 15 is 0 Å². The van der Waals surface area contributed by atoms with Crippen LogP contribution in [-0.2, 0) is 11.2 Å². The van der Waals surface area contributed by atoms with Gasteiger partial charge in [-0.25, -0.2) is 0 Å². The summed E-state index contributed by atoms with van der Waals surface area (Å²) < 4.78 is 5.33. The number of carboxylic acids is 1. The van der Waals surface area contributed by atoms with Crippen LogP contribution < -0.4 is 10.1 Å². The van der Waals surface area contributed by atoms with Gasteiger partial charge < -0.3 is 15.2 Å². The van der Waals surface area contributed by atoms with E-state index in [1.165, 1.54) is 0 Å². The van der Waals surface area contributed by atoms with Crippen LogP contribution in [0.3, 0.4) is 0 Å². The molecule has 0 radical (unpaired) electrons. The van der Waals surface area contributed by atoms with Gasteiger partial charge in [0.25, 0.3) is 0 Å². The Bertz CT molecular complexity index is 362. The fourth-order valence-corrected chi connectivity index (χ4v) is 1.47. The second-order valence-corrected chi connectivity index (χ2v) is 3.17. The molecule has 0 saturated heterocycles. The molecule has 14 heavy (non-hydrogen) atoms. The lowest BCUT2D eigenvalue weighted by Gasteiger charge is -2.04. The fraction of sp³-hybridized carbons (Fsp3) is 0.300. The van der Waals surface area contributed by atoms with Gasteiger partial charge in [-0.05, 0) is 23.8 Å². The largest absolute Gasteiger partial charge is 0.493 e. The van der Waals surface area contributed by atoms with Crippen molar-refractivity contribution in [1.82, 2.24) is 0 Å². The van der Waals surface area contributed by atoms with Crippen LogP contribution in [0.5, 0.6) is 5.75 Å². The van der Waals surface area contributed by atoms with E-state index in [4.69, 9.17) is 9.84 Å². The smallest absolute Gasteiger partial charge is 0.322 e. The first-order chi connectivity index (χ1) is 6.75. The number of carboxylic acid groups (broad SMARTS) is 1. The standard InChI is InChI=1S/C10H11NO3/c12-10(13)6-11-8-1-2-9-7(5-8)3-4-14-9/h1-2,5,11H,3-4,6H2,(H,12,13). The summed E-state index contributed by atoms with van der Waals surface area (Å²) in [5.74, 6) is 0.0487. The summed E-state index contributed by atoms with van der Waals surface area (Å²) in [6, 6.07) is 5.63. The van der Waals surface area contributed by atoms with Gasteiger partial charge in [-0.3, -0.25) is 4.79 Å². The summed E-state index contributed by atoms with van der Waals surface area (Å²) in [6.07, 6.45) is 0.901. The fourth-order valence-electron chi connectivity index (χ4n) is 1.47. The number of fused-ring (bicyclic) bond motifs is 1. The van der Waals surface area contributed by atoms with E-state index in [1.807, 2.05) is 18.2 Å². The molecule has 0 amide bonds. The molecule has 4 heteroatoms. The maximum absolute atomic E-state index is 10.3. The summed E-state index contributed by atoms with van der Waals surface area (Å²) >= 11 is 0. The quantitative estimate of drug-likeness (QED) is 0.755. The highest BCUT2D eigenvalue weighted by Crippen LogP contribution is 2.27. The zero-order chi connectivity index (χ0) is 9.97. The lowest BCUT2D eigenvalue weighted by molar-refractivity contribution is -0.134. The highest BCUT2D eigenvalue weighted by molar-refractivity contribution is 5.73. The van der Waals surface area contributed by atoms with Crippen molar-refractivity contribution < 1.29 is 14.6 Å². The summed E-state index contributed by atoms with van der Waals surface area (Å²) in [6.45, 7) is 0.664. The predicted molar refractivity (Wildman–Crippen MR) is 51.8 cm³/mol. The van der Waals surface area contributed by atoms with E-state index in [1.54, 1.807) is 0 Å². The molecule has 0 aromatic heterocycles. The molecule has 1 aliphatic rings. The highest BCUT2D eigenvalue weighted by Gasteiger charge is 2.11. The summed E-state index contributed by atoms with van der Waals surface area (Å²) in [7, 11) is 0. The third-order valence-electron chi connectivity index (χ3n) is 2.13. The van der Waals surface area contributed by atoms with Gasteiger partial charge in [-0.15, -0.1) is 0 Å². The van der Waals surface area contributed by atoms with Gasteiger partial charge in [0.1, 0.15) is 12.3 Å². The number of aliphatic carboxylic acids is 1. The van der Waals surface area contributed by atoms with Crippen LogP contribution in [0.25, 0.3) is 0 Å². The molecule has 2 N–H and O–H groups in total. The van der Waals surface area contributed by atoms with Crippen LogP contribution in [0.4, 0.5) is 5.69 Å². The maximum atomic E-state index is 10.3. The number of rotatable bonds is 3. The summed E-state index contributed by atoms with van der Waals surface area (Å²) in [5, 5.41) is 11.3. The zero-order valence-corrected chi connectivity index (χ0v) is 7.62. The van der Waals surface area contributed by atoms with Crippen molar-refractivity contribution in [2.45, 2.75) is 6.42 Å². The van der Waals surface area contributed by atoms with E-state index < -0.39 is 5.97 Å². The zero-order valence-electron chi connectivity index (χ0n) is 7.62. The molecule has 1 aliphatic heterocycles. The third-order valence-corrected chi connectivity index (χ3v) is 2.13. The van der Waals surface area contributed by atoms with Crippen molar-refractivity contribution in [1.29, 1.82) is 0 Å². The van der Waals surface area contributed by atoms with Gasteiger partial charge >= 0.3 is 5.97 Å². The van der Waals surface area contributed by atoms with Gasteiger partial charge in [0, 0.05) is 12.1 Å². The number of hydrogen-bond acceptors (Lipinski definition) is 3. The van der Waals surface area contributed by atoms with Crippen LogP contribution in [-0.4, -0.2) is 24.2 Å². The maximum Gasteiger partial charge on any atom is 0.322 e. The van der Waals surface area contributed by atoms with Gasteiger partial charge in [0.2, 0.25) is 0 Å². The molecule has 1 aromatic rings. The lowest BCUT2D eigenvalue weighted by atomic mass is 10.1. The van der Waals surface area contributed by atoms with Crippen molar-refractivity contribution in [3.63, 3.8) is 0 Å². The van der Waals surface area contributed by atoms with Gasteiger partial charge in [0.15, 0.2) is 0 Å². The Morgan fingerprint density at radius 1 is 1.57 bits per heavy atom. The molecule has 0 saturated carbocycles. The Hall–Kier alpha value is -1.71. The van der Waals surface area contributed by atoms with Crippen LogP contribution in [0, 0.1) is 0 Å². The molecule has 0 fully saturated rings. The molecular weight excluding hydrogens is 182 g/mol. The lowest BCUT2D eigenvalue weighted by Crippen LogP contribution is -2.12. The van der Waals surface area contributed by atoms with E-state index in [-0.39, 0.29) is 6.54 Å². The molecule has 74 valence electrons. The minimum Gasteiger partial charge on any atom is -0.493 e. The van der Waals surface area contributed by atoms with Crippen molar-refractivity contribution in [3.8, 4) is 5.75 Å². The molecule has 2 rings (SSSR count). The van der Waals surface area contributed by atoms with Crippen LogP contribution >= 0.6 is 0 Å². The molecule has 1 aromatic carbocycles. The van der Waals surface area contributed by atoms with Crippen molar-refractivity contribution in [2.75, 3.05) is 18.5 Å². The first-order valence-corrected chi connectivity index (χ1v) is 4.47. The molecule has 4 nitrogen and oxygen atoms in total. The molecule has 0 aliphatic carbocycles. The molecule has 1 heterocycles. The Morgan fingerprint density at radius 3 is 3.21 bits per heavy atom. The molecule has 0 atom stereocenters. The second-order valence-electron chi connectivity index (χ2n) is 3.17. The van der Waals surface area contributed by atoms with E-state index in [2.05, 4.69) is 5.32 Å². The molecule has 0 spiro atoms. The second kappa shape index (κ2) is 3.57. The Kier molecular flexibility index (Phi) is 2.26. The number of carbonyl (C=O) groups is 1. The molecular formula is C10H11NO3. The number of hydrogen-bond donors (Lipinski definition) is 2. The van der Waals surface area contributed by atoms with E-state index in [0.29, 0.717) is 0 Å². The molecule has 0 bridgehead atoms. The number of benzene rings is 1. The minimum absolute atomic E-state index is 0.0559. The Balaban J connectivity index is 2.09. The van der Waals surface area contributed by atoms with E-state index in [9.17, 15) is 4.79 Å². The van der Waals surface area contributed by atoms with Crippen LogP contribution in [0.1, 0.15) is 5.56 Å². The number of nitrogens with one attached hydrogen (secondary N) is 1. The minimum atomic E-state index is -0.859. The Morgan fingerprint density at radius 2 is 2.43 bits per heavy atom. The third kappa shape index (κ3) is 1.79.